The van der Waals surface area contributed by atoms with Gasteiger partial charge in [0.15, 0.2) is 0 Å². The van der Waals surface area contributed by atoms with E-state index in [1.54, 1.807) is 44.2 Å². The molecule has 0 unspecified atom stereocenters. The van der Waals surface area contributed by atoms with Crippen LogP contribution in [-0.4, -0.2) is 50.5 Å². The fourth-order valence-corrected chi connectivity index (χ4v) is 4.19. The molecule has 0 saturated carbocycles. The molecular formula is C24H32FN3O4S. The van der Waals surface area contributed by atoms with Crippen LogP contribution in [-0.2, 0) is 26.2 Å². The van der Waals surface area contributed by atoms with E-state index in [1.165, 1.54) is 23.1 Å². The molecule has 0 fully saturated rings. The first-order valence-electron chi connectivity index (χ1n) is 10.8. The van der Waals surface area contributed by atoms with E-state index >= 15 is 0 Å². The van der Waals surface area contributed by atoms with Crippen molar-refractivity contribution in [2.45, 2.75) is 40.3 Å². The number of halogens is 1. The predicted molar refractivity (Wildman–Crippen MR) is 128 cm³/mol. The Morgan fingerprint density at radius 1 is 1.03 bits per heavy atom. The third kappa shape index (κ3) is 7.28. The summed E-state index contributed by atoms with van der Waals surface area (Å²) in [5.74, 6) is -1.31. The van der Waals surface area contributed by atoms with Crippen LogP contribution in [0.2, 0.25) is 0 Å². The Kier molecular flexibility index (Phi) is 8.99. The van der Waals surface area contributed by atoms with E-state index in [1.807, 2.05) is 13.8 Å². The molecule has 0 radical (unpaired) electrons. The van der Waals surface area contributed by atoms with Gasteiger partial charge in [0, 0.05) is 18.7 Å². The predicted octanol–water partition coefficient (Wildman–Crippen LogP) is 3.09. The van der Waals surface area contributed by atoms with Crippen LogP contribution in [0.1, 0.15) is 31.9 Å². The fraction of sp³-hybridized carbons (Fsp3) is 0.417. The van der Waals surface area contributed by atoms with Crippen molar-refractivity contribution in [3.63, 3.8) is 0 Å². The molecule has 1 atom stereocenters. The average molecular weight is 478 g/mol. The minimum atomic E-state index is -3.81. The lowest BCUT2D eigenvalue weighted by atomic mass is 10.1. The number of rotatable bonds is 10. The summed E-state index contributed by atoms with van der Waals surface area (Å²) < 4.78 is 40.5. The van der Waals surface area contributed by atoms with Gasteiger partial charge in [0.2, 0.25) is 21.8 Å². The molecule has 0 bridgehead atoms. The standard InChI is InChI=1S/C24H32FN3O4S/c1-17(2)14-26-24(30)19(4)27(15-20-11-7-8-12-21(20)25)23(29)16-28(33(5,31)32)22-13-9-6-10-18(22)3/h6-13,17,19H,14-16H2,1-5H3,(H,26,30)/t19-/m0/s1. The second-order valence-electron chi connectivity index (χ2n) is 8.48. The Morgan fingerprint density at radius 3 is 2.21 bits per heavy atom. The lowest BCUT2D eigenvalue weighted by Crippen LogP contribution is -2.51. The number of carbonyl (C=O) groups is 2. The number of hydrogen-bond donors (Lipinski definition) is 1. The van der Waals surface area contributed by atoms with Crippen molar-refractivity contribution >= 4 is 27.5 Å². The first kappa shape index (κ1) is 26.3. The topological polar surface area (TPSA) is 86.8 Å². The number of benzene rings is 2. The third-order valence-electron chi connectivity index (χ3n) is 5.21. The molecule has 2 aromatic rings. The zero-order valence-electron chi connectivity index (χ0n) is 19.7. The van der Waals surface area contributed by atoms with Crippen molar-refractivity contribution in [1.29, 1.82) is 0 Å². The summed E-state index contributed by atoms with van der Waals surface area (Å²) in [6.45, 7) is 6.92. The lowest BCUT2D eigenvalue weighted by Gasteiger charge is -2.32. The second kappa shape index (κ2) is 11.3. The molecule has 0 aromatic heterocycles. The van der Waals surface area contributed by atoms with Crippen LogP contribution in [0.5, 0.6) is 0 Å². The Morgan fingerprint density at radius 2 is 1.64 bits per heavy atom. The molecule has 0 spiro atoms. The molecule has 0 aliphatic rings. The van der Waals surface area contributed by atoms with Crippen molar-refractivity contribution < 1.29 is 22.4 Å². The van der Waals surface area contributed by atoms with Gasteiger partial charge in [0.25, 0.3) is 0 Å². The van der Waals surface area contributed by atoms with Crippen LogP contribution >= 0.6 is 0 Å². The summed E-state index contributed by atoms with van der Waals surface area (Å²) in [5, 5.41) is 2.78. The van der Waals surface area contributed by atoms with E-state index in [2.05, 4.69) is 5.32 Å². The number of aryl methyl sites for hydroxylation is 1. The molecular weight excluding hydrogens is 445 g/mol. The smallest absolute Gasteiger partial charge is 0.244 e. The van der Waals surface area contributed by atoms with E-state index in [0.717, 1.165) is 10.6 Å². The highest BCUT2D eigenvalue weighted by atomic mass is 32.2. The minimum absolute atomic E-state index is 0.173. The van der Waals surface area contributed by atoms with Crippen molar-refractivity contribution in [2.24, 2.45) is 5.92 Å². The van der Waals surface area contributed by atoms with Crippen molar-refractivity contribution in [3.8, 4) is 0 Å². The average Bonchev–Trinajstić information content (AvgIpc) is 2.74. The van der Waals surface area contributed by atoms with Gasteiger partial charge >= 0.3 is 0 Å². The summed E-state index contributed by atoms with van der Waals surface area (Å²) in [5.41, 5.74) is 1.28. The van der Waals surface area contributed by atoms with Gasteiger partial charge in [-0.05, 0) is 37.5 Å². The summed E-state index contributed by atoms with van der Waals surface area (Å²) in [4.78, 5) is 27.4. The van der Waals surface area contributed by atoms with Gasteiger partial charge in [-0.15, -0.1) is 0 Å². The number of nitrogens with zero attached hydrogens (tertiary/aromatic N) is 2. The molecule has 2 amide bonds. The van der Waals surface area contributed by atoms with Gasteiger partial charge in [-0.2, -0.15) is 0 Å². The maximum absolute atomic E-state index is 14.4. The zero-order valence-corrected chi connectivity index (χ0v) is 20.5. The molecule has 2 aromatic carbocycles. The highest BCUT2D eigenvalue weighted by Gasteiger charge is 2.30. The molecule has 7 nitrogen and oxygen atoms in total. The number of nitrogens with one attached hydrogen (secondary N) is 1. The van der Waals surface area contributed by atoms with Crippen LogP contribution in [0.3, 0.4) is 0 Å². The van der Waals surface area contributed by atoms with Crippen molar-refractivity contribution in [3.05, 3.63) is 65.5 Å². The van der Waals surface area contributed by atoms with Crippen LogP contribution in [0.25, 0.3) is 0 Å². The van der Waals surface area contributed by atoms with Gasteiger partial charge in [-0.25, -0.2) is 12.8 Å². The molecule has 0 heterocycles. The van der Waals surface area contributed by atoms with Gasteiger partial charge in [0.1, 0.15) is 18.4 Å². The van der Waals surface area contributed by atoms with E-state index in [-0.39, 0.29) is 18.0 Å². The van der Waals surface area contributed by atoms with Crippen LogP contribution in [0.4, 0.5) is 10.1 Å². The van der Waals surface area contributed by atoms with E-state index in [9.17, 15) is 22.4 Å². The normalized spacial score (nSPS) is 12.3. The summed E-state index contributed by atoms with van der Waals surface area (Å²) in [7, 11) is -3.81. The Labute approximate surface area is 195 Å². The van der Waals surface area contributed by atoms with Crippen LogP contribution in [0, 0.1) is 18.7 Å². The minimum Gasteiger partial charge on any atom is -0.354 e. The Hall–Kier alpha value is -2.94. The molecule has 33 heavy (non-hydrogen) atoms. The second-order valence-corrected chi connectivity index (χ2v) is 10.4. The van der Waals surface area contributed by atoms with Gasteiger partial charge in [-0.3, -0.25) is 13.9 Å². The molecule has 0 aliphatic heterocycles. The highest BCUT2D eigenvalue weighted by Crippen LogP contribution is 2.23. The molecule has 9 heteroatoms. The molecule has 0 aliphatic carbocycles. The summed E-state index contributed by atoms with van der Waals surface area (Å²) >= 11 is 0. The maximum atomic E-state index is 14.4. The first-order chi connectivity index (χ1) is 15.4. The molecule has 1 N–H and O–H groups in total. The van der Waals surface area contributed by atoms with Gasteiger partial charge in [-0.1, -0.05) is 50.2 Å². The van der Waals surface area contributed by atoms with Crippen molar-refractivity contribution in [1.82, 2.24) is 10.2 Å². The van der Waals surface area contributed by atoms with Gasteiger partial charge < -0.3 is 10.2 Å². The number of sulfonamides is 1. The molecule has 0 saturated heterocycles. The first-order valence-corrected chi connectivity index (χ1v) is 12.6. The maximum Gasteiger partial charge on any atom is 0.244 e. The Bertz CT molecular complexity index is 1090. The van der Waals surface area contributed by atoms with E-state index in [0.29, 0.717) is 17.8 Å². The number of carbonyl (C=O) groups excluding carboxylic acids is 2. The van der Waals surface area contributed by atoms with E-state index in [4.69, 9.17) is 0 Å². The third-order valence-corrected chi connectivity index (χ3v) is 6.34. The summed E-state index contributed by atoms with van der Waals surface area (Å²) in [6, 6.07) is 11.9. The monoisotopic (exact) mass is 477 g/mol. The fourth-order valence-electron chi connectivity index (χ4n) is 3.28. The number of hydrogen-bond acceptors (Lipinski definition) is 4. The quantitative estimate of drug-likeness (QED) is 0.570. The largest absolute Gasteiger partial charge is 0.354 e. The molecule has 2 rings (SSSR count). The lowest BCUT2D eigenvalue weighted by molar-refractivity contribution is -0.139. The molecule has 180 valence electrons. The highest BCUT2D eigenvalue weighted by molar-refractivity contribution is 7.92. The van der Waals surface area contributed by atoms with Crippen LogP contribution in [0.15, 0.2) is 48.5 Å². The van der Waals surface area contributed by atoms with Gasteiger partial charge in [0.05, 0.1) is 11.9 Å². The Balaban J connectivity index is 2.39. The number of para-hydroxylation sites is 1. The SMILES string of the molecule is Cc1ccccc1N(CC(=O)N(Cc1ccccc1F)[C@@H](C)C(=O)NCC(C)C)S(C)(=O)=O. The number of amides is 2. The van der Waals surface area contributed by atoms with Crippen molar-refractivity contribution in [2.75, 3.05) is 23.7 Å². The number of anilines is 1. The zero-order chi connectivity index (χ0) is 24.8. The summed E-state index contributed by atoms with van der Waals surface area (Å²) in [6.07, 6.45) is 1.02. The van der Waals surface area contributed by atoms with E-state index < -0.39 is 40.2 Å². The van der Waals surface area contributed by atoms with Crippen LogP contribution < -0.4 is 9.62 Å².